The first kappa shape index (κ1) is 15.8. The summed E-state index contributed by atoms with van der Waals surface area (Å²) in [4.78, 5) is 8.36. The van der Waals surface area contributed by atoms with Gasteiger partial charge in [0.2, 0.25) is 0 Å². The molecule has 0 saturated heterocycles. The summed E-state index contributed by atoms with van der Waals surface area (Å²) >= 11 is 0. The van der Waals surface area contributed by atoms with Crippen molar-refractivity contribution in [1.29, 1.82) is 0 Å². The lowest BCUT2D eigenvalue weighted by molar-refractivity contribution is -0.122. The van der Waals surface area contributed by atoms with E-state index in [0.717, 1.165) is 19.3 Å². The van der Waals surface area contributed by atoms with Crippen LogP contribution in [0.5, 0.6) is 0 Å². The molecule has 0 aromatic heterocycles. The molecule has 0 saturated carbocycles. The fraction of sp³-hybridized carbons (Fsp3) is 0.889. The summed E-state index contributed by atoms with van der Waals surface area (Å²) in [6.07, 6.45) is 2.87. The third-order valence-electron chi connectivity index (χ3n) is 1.67. The lowest BCUT2D eigenvalue weighted by Crippen LogP contribution is -2.30. The van der Waals surface area contributed by atoms with E-state index in [1.54, 1.807) is 0 Å². The highest BCUT2D eigenvalue weighted by Crippen LogP contribution is 2.02. The van der Waals surface area contributed by atoms with E-state index in [4.69, 9.17) is 27.1 Å². The largest absolute Gasteiger partial charge is 0.483 e. The fourth-order valence-corrected chi connectivity index (χ4v) is 1.07. The van der Waals surface area contributed by atoms with Crippen molar-refractivity contribution in [2.24, 2.45) is 17.2 Å². The first-order chi connectivity index (χ1) is 6.43. The van der Waals surface area contributed by atoms with Gasteiger partial charge in [0.15, 0.2) is 0 Å². The molecular formula is C9H23N3O2. The predicted octanol–water partition coefficient (Wildman–Crippen LogP) is -0.121. The first-order valence-corrected chi connectivity index (χ1v) is 4.78. The second kappa shape index (κ2) is 10.4. The van der Waals surface area contributed by atoms with E-state index in [1.807, 2.05) is 13.8 Å². The number of hydrogen-bond donors (Lipinski definition) is 4. The lowest BCUT2D eigenvalue weighted by atomic mass is 10.0. The van der Waals surface area contributed by atoms with Gasteiger partial charge in [-0.3, -0.25) is 4.79 Å². The van der Waals surface area contributed by atoms with Crippen LogP contribution in [0.3, 0.4) is 0 Å². The molecule has 0 amide bonds. The molecule has 0 bridgehead atoms. The van der Waals surface area contributed by atoms with Gasteiger partial charge < -0.3 is 22.3 Å². The molecular weight excluding hydrogens is 182 g/mol. The highest BCUT2D eigenvalue weighted by Gasteiger charge is 2.06. The molecule has 86 valence electrons. The van der Waals surface area contributed by atoms with Crippen LogP contribution in [0.4, 0.5) is 0 Å². The SMILES string of the molecule is CC(N)CCC(N)CC(C)N.O=CO. The molecule has 0 aliphatic heterocycles. The summed E-state index contributed by atoms with van der Waals surface area (Å²) in [5.74, 6) is 0. The Balaban J connectivity index is 0. The molecule has 5 nitrogen and oxygen atoms in total. The third-order valence-corrected chi connectivity index (χ3v) is 1.67. The average molecular weight is 205 g/mol. The van der Waals surface area contributed by atoms with Gasteiger partial charge in [0, 0.05) is 18.1 Å². The maximum atomic E-state index is 8.36. The quantitative estimate of drug-likeness (QED) is 0.467. The zero-order valence-corrected chi connectivity index (χ0v) is 9.02. The van der Waals surface area contributed by atoms with E-state index < -0.39 is 0 Å². The van der Waals surface area contributed by atoms with Crippen LogP contribution in [0.1, 0.15) is 33.1 Å². The second-order valence-corrected chi connectivity index (χ2v) is 3.63. The van der Waals surface area contributed by atoms with E-state index in [2.05, 4.69) is 0 Å². The molecule has 0 aromatic carbocycles. The van der Waals surface area contributed by atoms with Crippen molar-refractivity contribution in [3.8, 4) is 0 Å². The third kappa shape index (κ3) is 17.4. The van der Waals surface area contributed by atoms with E-state index in [9.17, 15) is 0 Å². The summed E-state index contributed by atoms with van der Waals surface area (Å²) in [6, 6.07) is 0.688. The minimum absolute atomic E-state index is 0.207. The highest BCUT2D eigenvalue weighted by molar-refractivity contribution is 5.32. The van der Waals surface area contributed by atoms with Gasteiger partial charge in [0.1, 0.15) is 0 Å². The van der Waals surface area contributed by atoms with Crippen LogP contribution in [-0.2, 0) is 4.79 Å². The monoisotopic (exact) mass is 205 g/mol. The van der Waals surface area contributed by atoms with Gasteiger partial charge in [-0.1, -0.05) is 0 Å². The maximum Gasteiger partial charge on any atom is 0.290 e. The minimum Gasteiger partial charge on any atom is -0.483 e. The van der Waals surface area contributed by atoms with Crippen molar-refractivity contribution >= 4 is 6.47 Å². The number of nitrogens with two attached hydrogens (primary N) is 3. The Kier molecular flexibility index (Phi) is 11.8. The molecule has 0 fully saturated rings. The molecule has 3 unspecified atom stereocenters. The van der Waals surface area contributed by atoms with Crippen LogP contribution in [0.15, 0.2) is 0 Å². The normalized spacial score (nSPS) is 16.1. The molecule has 0 radical (unpaired) electrons. The Bertz CT molecular complexity index is 129. The minimum atomic E-state index is -0.250. The standard InChI is InChI=1S/C8H21N3.CH2O2/c1-6(9)3-4-8(11)5-7(2)10;2-1-3/h6-8H,3-5,9-11H2,1-2H3;1H,(H,2,3). The van der Waals surface area contributed by atoms with Crippen molar-refractivity contribution in [2.45, 2.75) is 51.2 Å². The van der Waals surface area contributed by atoms with E-state index in [0.29, 0.717) is 0 Å². The Morgan fingerprint density at radius 1 is 1.14 bits per heavy atom. The van der Waals surface area contributed by atoms with Gasteiger partial charge >= 0.3 is 0 Å². The summed E-state index contributed by atoms with van der Waals surface area (Å²) in [7, 11) is 0. The van der Waals surface area contributed by atoms with E-state index in [-0.39, 0.29) is 24.6 Å². The van der Waals surface area contributed by atoms with Crippen LogP contribution in [-0.4, -0.2) is 29.7 Å². The van der Waals surface area contributed by atoms with Gasteiger partial charge in [-0.2, -0.15) is 0 Å². The summed E-state index contributed by atoms with van der Waals surface area (Å²) in [5.41, 5.74) is 17.0. The molecule has 0 aromatic rings. The molecule has 14 heavy (non-hydrogen) atoms. The Morgan fingerprint density at radius 3 is 1.86 bits per heavy atom. The summed E-state index contributed by atoms with van der Waals surface area (Å²) in [5, 5.41) is 6.89. The van der Waals surface area contributed by atoms with Gasteiger partial charge in [0.05, 0.1) is 0 Å². The van der Waals surface area contributed by atoms with Crippen molar-refractivity contribution in [2.75, 3.05) is 0 Å². The molecule has 0 aliphatic rings. The lowest BCUT2D eigenvalue weighted by Gasteiger charge is -2.14. The molecule has 5 heteroatoms. The zero-order valence-electron chi connectivity index (χ0n) is 9.02. The van der Waals surface area contributed by atoms with E-state index in [1.165, 1.54) is 0 Å². The van der Waals surface area contributed by atoms with Gasteiger partial charge in [-0.05, 0) is 33.1 Å². The van der Waals surface area contributed by atoms with Crippen LogP contribution in [0.25, 0.3) is 0 Å². The summed E-state index contributed by atoms with van der Waals surface area (Å²) < 4.78 is 0. The van der Waals surface area contributed by atoms with Crippen molar-refractivity contribution < 1.29 is 9.90 Å². The van der Waals surface area contributed by atoms with Crippen LogP contribution >= 0.6 is 0 Å². The van der Waals surface area contributed by atoms with Gasteiger partial charge in [-0.15, -0.1) is 0 Å². The predicted molar refractivity (Wildman–Crippen MR) is 57.8 cm³/mol. The van der Waals surface area contributed by atoms with Crippen LogP contribution < -0.4 is 17.2 Å². The van der Waals surface area contributed by atoms with Crippen molar-refractivity contribution in [3.05, 3.63) is 0 Å². The topological polar surface area (TPSA) is 115 Å². The molecule has 0 aliphatic carbocycles. The molecule has 0 rings (SSSR count). The number of carboxylic acid groups (broad SMARTS) is 1. The Labute approximate surface area is 85.6 Å². The maximum absolute atomic E-state index is 8.36. The number of carbonyl (C=O) groups is 1. The highest BCUT2D eigenvalue weighted by atomic mass is 16.3. The first-order valence-electron chi connectivity index (χ1n) is 4.78. The molecule has 3 atom stereocenters. The second-order valence-electron chi connectivity index (χ2n) is 3.63. The number of rotatable bonds is 5. The molecule has 7 N–H and O–H groups in total. The average Bonchev–Trinajstić information content (AvgIpc) is 2.01. The van der Waals surface area contributed by atoms with Crippen molar-refractivity contribution in [1.82, 2.24) is 0 Å². The van der Waals surface area contributed by atoms with Crippen LogP contribution in [0, 0.1) is 0 Å². The Hall–Kier alpha value is -0.650. The molecule has 0 spiro atoms. The number of hydrogen-bond acceptors (Lipinski definition) is 4. The van der Waals surface area contributed by atoms with Gasteiger partial charge in [-0.25, -0.2) is 0 Å². The summed E-state index contributed by atoms with van der Waals surface area (Å²) in [6.45, 7) is 3.73. The van der Waals surface area contributed by atoms with Crippen LogP contribution in [0.2, 0.25) is 0 Å². The van der Waals surface area contributed by atoms with E-state index >= 15 is 0 Å². The smallest absolute Gasteiger partial charge is 0.290 e. The zero-order chi connectivity index (χ0) is 11.6. The molecule has 0 heterocycles. The fourth-order valence-electron chi connectivity index (χ4n) is 1.07. The van der Waals surface area contributed by atoms with Crippen molar-refractivity contribution in [3.63, 3.8) is 0 Å². The van der Waals surface area contributed by atoms with Gasteiger partial charge in [0.25, 0.3) is 6.47 Å². The Morgan fingerprint density at radius 2 is 1.57 bits per heavy atom.